The smallest absolute Gasteiger partial charge is 0.387 e. The number of anilines is 1. The van der Waals surface area contributed by atoms with E-state index in [2.05, 4.69) is 28.1 Å². The van der Waals surface area contributed by atoms with Gasteiger partial charge in [-0.05, 0) is 0 Å². The lowest BCUT2D eigenvalue weighted by Crippen LogP contribution is -2.33. The van der Waals surface area contributed by atoms with E-state index in [1.165, 1.54) is 4.90 Å². The first-order valence-electron chi connectivity index (χ1n) is 8.94. The summed E-state index contributed by atoms with van der Waals surface area (Å²) in [4.78, 5) is 60.0. The second-order valence-electron chi connectivity index (χ2n) is 7.04. The Morgan fingerprint density at radius 2 is 1.76 bits per heavy atom. The van der Waals surface area contributed by atoms with Gasteiger partial charge in [0.05, 0.1) is 12.9 Å². The van der Waals surface area contributed by atoms with Crippen LogP contribution in [-0.2, 0) is 31.6 Å². The van der Waals surface area contributed by atoms with E-state index in [9.17, 15) is 33.6 Å². The van der Waals surface area contributed by atoms with E-state index in [0.29, 0.717) is 0 Å². The highest BCUT2D eigenvalue weighted by Gasteiger charge is 2.47. The average Bonchev–Trinajstić information content (AvgIpc) is 3.19. The molecule has 0 aliphatic carbocycles. The van der Waals surface area contributed by atoms with Gasteiger partial charge in [-0.15, -0.1) is 0 Å². The average molecular weight is 551 g/mol. The number of phosphoric ester groups is 1. The number of imidazole rings is 1. The van der Waals surface area contributed by atoms with Gasteiger partial charge in [-0.3, -0.25) is 18.9 Å². The number of aliphatic hydroxyl groups excluding tert-OH is 2. The van der Waals surface area contributed by atoms with Crippen molar-refractivity contribution >= 4 is 40.6 Å². The van der Waals surface area contributed by atoms with Gasteiger partial charge in [-0.1, -0.05) is 0 Å². The number of ether oxygens (including phenoxy) is 1. The maximum absolute atomic E-state index is 12.2. The molecule has 0 saturated carbocycles. The summed E-state index contributed by atoms with van der Waals surface area (Å²) in [5.74, 6) is 0.150. The molecule has 2 unspecified atom stereocenters. The summed E-state index contributed by atoms with van der Waals surface area (Å²) in [5.41, 5.74) is -0.713. The van der Waals surface area contributed by atoms with Crippen molar-refractivity contribution in [3.05, 3.63) is 16.7 Å². The van der Waals surface area contributed by atoms with Crippen LogP contribution in [0.5, 0.6) is 0 Å². The van der Waals surface area contributed by atoms with Crippen LogP contribution in [0.3, 0.4) is 0 Å². The molecular formula is C12H20N5O14P3. The standard InChI is InChI=1S/C12H20N5O14P3/c1-16(2)12-14-9-6(10(20)15-12)13-4-17(9)11-8(19)7(18)5(29-11)3-28-33(24,25)31-34(26,27)30-32(21,22)23/h4-5,7-8,11,18-19H,3H2,1-2H3,(H,24,25)(H,26,27)(H,14,15,20)(H2,21,22,23)/t5-,7-,8-,11-/m1/s1. The van der Waals surface area contributed by atoms with E-state index in [0.717, 1.165) is 10.9 Å². The zero-order valence-corrected chi connectivity index (χ0v) is 19.9. The number of hydrogen-bond donors (Lipinski definition) is 7. The number of fused-ring (bicyclic) bond motifs is 1. The SMILES string of the molecule is CN(C)c1nc2c(ncn2[C@@H]2O[C@H](COP(=O)(O)OP(=O)(O)OP(=O)(O)O)[C@@H](O)[C@H]2O)c(=O)[nH]1. The van der Waals surface area contributed by atoms with Crippen molar-refractivity contribution in [2.24, 2.45) is 0 Å². The number of aliphatic hydroxyl groups is 2. The third-order valence-electron chi connectivity index (χ3n) is 4.27. The lowest BCUT2D eigenvalue weighted by Gasteiger charge is -2.19. The summed E-state index contributed by atoms with van der Waals surface area (Å²) < 4.78 is 52.1. The molecule has 1 fully saturated rings. The lowest BCUT2D eigenvalue weighted by molar-refractivity contribution is -0.0503. The van der Waals surface area contributed by atoms with Crippen LogP contribution in [-0.4, -0.2) is 88.3 Å². The summed E-state index contributed by atoms with van der Waals surface area (Å²) in [6.07, 6.45) is -5.20. The number of aromatic amines is 1. The van der Waals surface area contributed by atoms with Gasteiger partial charge in [0, 0.05) is 14.1 Å². The van der Waals surface area contributed by atoms with Gasteiger partial charge < -0.3 is 39.4 Å². The van der Waals surface area contributed by atoms with Crippen molar-refractivity contribution in [3.8, 4) is 0 Å². The summed E-state index contributed by atoms with van der Waals surface area (Å²) in [5, 5.41) is 20.6. The van der Waals surface area contributed by atoms with E-state index in [4.69, 9.17) is 19.4 Å². The maximum Gasteiger partial charge on any atom is 0.490 e. The van der Waals surface area contributed by atoms with Gasteiger partial charge in [0.25, 0.3) is 5.56 Å². The Morgan fingerprint density at radius 3 is 2.35 bits per heavy atom. The third-order valence-corrected chi connectivity index (χ3v) is 8.08. The van der Waals surface area contributed by atoms with Gasteiger partial charge in [0.15, 0.2) is 17.4 Å². The Labute approximate surface area is 189 Å². The molecule has 3 rings (SSSR count). The van der Waals surface area contributed by atoms with E-state index in [1.54, 1.807) is 14.1 Å². The first kappa shape index (κ1) is 27.0. The molecule has 0 aromatic carbocycles. The number of phosphoric acid groups is 3. The molecule has 1 saturated heterocycles. The molecule has 1 aliphatic rings. The predicted molar refractivity (Wildman–Crippen MR) is 108 cm³/mol. The number of H-pyrrole nitrogens is 1. The number of nitrogens with one attached hydrogen (secondary N) is 1. The van der Waals surface area contributed by atoms with Crippen LogP contribution in [0.1, 0.15) is 6.23 Å². The fourth-order valence-corrected chi connectivity index (χ4v) is 5.91. The molecule has 7 N–H and O–H groups in total. The van der Waals surface area contributed by atoms with Gasteiger partial charge in [0.2, 0.25) is 5.95 Å². The molecule has 6 atom stereocenters. The summed E-state index contributed by atoms with van der Waals surface area (Å²) in [7, 11) is -13.6. The minimum absolute atomic E-state index is 0.0164. The molecule has 2 aromatic heterocycles. The molecule has 3 heterocycles. The fraction of sp³-hybridized carbons (Fsp3) is 0.583. The second kappa shape index (κ2) is 9.48. The van der Waals surface area contributed by atoms with Crippen molar-refractivity contribution < 1.29 is 61.4 Å². The van der Waals surface area contributed by atoms with Crippen molar-refractivity contribution in [2.75, 3.05) is 25.6 Å². The molecule has 22 heteroatoms. The highest BCUT2D eigenvalue weighted by Crippen LogP contribution is 2.66. The Morgan fingerprint density at radius 1 is 1.12 bits per heavy atom. The van der Waals surface area contributed by atoms with Crippen LogP contribution in [0.2, 0.25) is 0 Å². The minimum Gasteiger partial charge on any atom is -0.387 e. The fourth-order valence-electron chi connectivity index (χ4n) is 2.88. The Hall–Kier alpha value is -1.56. The third kappa shape index (κ3) is 6.16. The first-order valence-corrected chi connectivity index (χ1v) is 13.5. The van der Waals surface area contributed by atoms with Gasteiger partial charge in [-0.2, -0.15) is 13.6 Å². The quantitative estimate of drug-likeness (QED) is 0.168. The zero-order chi connectivity index (χ0) is 25.6. The van der Waals surface area contributed by atoms with E-state index < -0.39 is 60.2 Å². The number of hydrogen-bond acceptors (Lipinski definition) is 13. The first-order chi connectivity index (χ1) is 15.5. The van der Waals surface area contributed by atoms with Crippen LogP contribution < -0.4 is 10.5 Å². The van der Waals surface area contributed by atoms with Crippen LogP contribution in [0.25, 0.3) is 11.2 Å². The second-order valence-corrected chi connectivity index (χ2v) is 11.5. The van der Waals surface area contributed by atoms with Crippen molar-refractivity contribution in [3.63, 3.8) is 0 Å². The molecule has 192 valence electrons. The largest absolute Gasteiger partial charge is 0.490 e. The molecule has 0 spiro atoms. The Bertz CT molecular complexity index is 1260. The topological polar surface area (TPSA) is 276 Å². The van der Waals surface area contributed by atoms with Crippen LogP contribution in [0.15, 0.2) is 11.1 Å². The molecule has 1 aliphatic heterocycles. The van der Waals surface area contributed by atoms with Gasteiger partial charge in [-0.25, -0.2) is 18.7 Å². The molecule has 0 radical (unpaired) electrons. The van der Waals surface area contributed by atoms with Crippen LogP contribution in [0.4, 0.5) is 5.95 Å². The molecule has 0 bridgehead atoms. The van der Waals surface area contributed by atoms with Gasteiger partial charge >= 0.3 is 23.5 Å². The highest BCUT2D eigenvalue weighted by atomic mass is 31.3. The molecular weight excluding hydrogens is 531 g/mol. The monoisotopic (exact) mass is 551 g/mol. The lowest BCUT2D eigenvalue weighted by atomic mass is 10.1. The summed E-state index contributed by atoms with van der Waals surface area (Å²) in [6.45, 7) is -0.998. The minimum atomic E-state index is -5.73. The van der Waals surface area contributed by atoms with E-state index >= 15 is 0 Å². The van der Waals surface area contributed by atoms with Gasteiger partial charge in [0.1, 0.15) is 18.3 Å². The highest BCUT2D eigenvalue weighted by molar-refractivity contribution is 7.66. The molecule has 0 amide bonds. The molecule has 19 nitrogen and oxygen atoms in total. The summed E-state index contributed by atoms with van der Waals surface area (Å²) >= 11 is 0. The van der Waals surface area contributed by atoms with E-state index in [1.807, 2.05) is 0 Å². The Balaban J connectivity index is 1.76. The van der Waals surface area contributed by atoms with Crippen molar-refractivity contribution in [1.29, 1.82) is 0 Å². The molecule has 34 heavy (non-hydrogen) atoms. The summed E-state index contributed by atoms with van der Waals surface area (Å²) in [6, 6.07) is 0. The van der Waals surface area contributed by atoms with Crippen LogP contribution in [0, 0.1) is 0 Å². The van der Waals surface area contributed by atoms with Crippen molar-refractivity contribution in [1.82, 2.24) is 19.5 Å². The van der Waals surface area contributed by atoms with Crippen LogP contribution >= 0.6 is 23.5 Å². The molecule has 2 aromatic rings. The van der Waals surface area contributed by atoms with Crippen molar-refractivity contribution in [2.45, 2.75) is 24.5 Å². The number of aromatic nitrogens is 4. The zero-order valence-electron chi connectivity index (χ0n) is 17.2. The number of nitrogens with zero attached hydrogens (tertiary/aromatic N) is 4. The maximum atomic E-state index is 12.2. The number of rotatable bonds is 9. The predicted octanol–water partition coefficient (Wildman–Crippen LogP) is -1.85. The normalized spacial score (nSPS) is 26.9. The van der Waals surface area contributed by atoms with E-state index in [-0.39, 0.29) is 17.1 Å². The Kier molecular flexibility index (Phi) is 7.54.